The van der Waals surface area contributed by atoms with E-state index in [2.05, 4.69) is 5.32 Å². The van der Waals surface area contributed by atoms with Crippen molar-refractivity contribution in [2.45, 2.75) is 19.8 Å². The van der Waals surface area contributed by atoms with Crippen molar-refractivity contribution in [3.05, 3.63) is 27.8 Å². The van der Waals surface area contributed by atoms with Crippen LogP contribution in [-0.2, 0) is 0 Å². The van der Waals surface area contributed by atoms with E-state index < -0.39 is 4.92 Å². The number of nitro groups is 1. The van der Waals surface area contributed by atoms with Gasteiger partial charge in [0, 0.05) is 19.2 Å². The van der Waals surface area contributed by atoms with Crippen LogP contribution in [0.2, 0.25) is 0 Å². The summed E-state index contributed by atoms with van der Waals surface area (Å²) in [5.74, 6) is 0.777. The molecule has 1 aliphatic rings. The van der Waals surface area contributed by atoms with Crippen molar-refractivity contribution >= 4 is 11.6 Å². The van der Waals surface area contributed by atoms with Gasteiger partial charge in [0.2, 0.25) is 0 Å². The normalized spacial score (nSPS) is 15.1. The zero-order valence-electron chi connectivity index (χ0n) is 14.9. The Bertz CT molecular complexity index is 627. The van der Waals surface area contributed by atoms with E-state index in [9.17, 15) is 14.9 Å². The lowest BCUT2D eigenvalue weighted by atomic mass is 9.96. The van der Waals surface area contributed by atoms with Crippen molar-refractivity contribution in [1.82, 2.24) is 10.2 Å². The van der Waals surface area contributed by atoms with Crippen LogP contribution in [0.15, 0.2) is 12.1 Å². The number of rotatable bonds is 7. The van der Waals surface area contributed by atoms with Gasteiger partial charge >= 0.3 is 0 Å². The maximum atomic E-state index is 12.9. The molecule has 1 amide bonds. The highest BCUT2D eigenvalue weighted by Gasteiger charge is 2.30. The van der Waals surface area contributed by atoms with Crippen molar-refractivity contribution in [3.8, 4) is 11.5 Å². The van der Waals surface area contributed by atoms with Crippen LogP contribution in [0.3, 0.4) is 0 Å². The molecule has 0 aromatic heterocycles. The number of likely N-dealkylation sites (tertiary alicyclic amines) is 1. The Morgan fingerprint density at radius 2 is 2.04 bits per heavy atom. The molecule has 1 heterocycles. The summed E-state index contributed by atoms with van der Waals surface area (Å²) in [7, 11) is 3.32. The summed E-state index contributed by atoms with van der Waals surface area (Å²) < 4.78 is 10.6. The third-order valence-electron chi connectivity index (χ3n) is 4.40. The summed E-state index contributed by atoms with van der Waals surface area (Å²) in [4.78, 5) is 25.4. The monoisotopic (exact) mass is 351 g/mol. The lowest BCUT2D eigenvalue weighted by Gasteiger charge is -2.32. The van der Waals surface area contributed by atoms with Crippen molar-refractivity contribution in [2.75, 3.05) is 40.4 Å². The minimum Gasteiger partial charge on any atom is -0.493 e. The number of nitro benzene ring substituents is 1. The molecule has 8 nitrogen and oxygen atoms in total. The molecule has 0 atom stereocenters. The van der Waals surface area contributed by atoms with E-state index in [1.165, 1.54) is 19.2 Å². The van der Waals surface area contributed by atoms with Gasteiger partial charge in [-0.1, -0.05) is 0 Å². The number of nitrogens with one attached hydrogen (secondary N) is 1. The van der Waals surface area contributed by atoms with Crippen LogP contribution in [-0.4, -0.2) is 56.1 Å². The second-order valence-corrected chi connectivity index (χ2v) is 6.00. The number of benzene rings is 1. The maximum Gasteiger partial charge on any atom is 0.286 e. The molecule has 1 fully saturated rings. The van der Waals surface area contributed by atoms with Gasteiger partial charge in [-0.05, 0) is 39.3 Å². The van der Waals surface area contributed by atoms with Crippen molar-refractivity contribution in [3.63, 3.8) is 0 Å². The molecular weight excluding hydrogens is 326 g/mol. The number of carbonyl (C=O) groups is 1. The first-order valence-electron chi connectivity index (χ1n) is 8.44. The van der Waals surface area contributed by atoms with E-state index in [4.69, 9.17) is 9.47 Å². The van der Waals surface area contributed by atoms with Gasteiger partial charge in [0.05, 0.1) is 24.7 Å². The number of methoxy groups -OCH3 is 1. The second kappa shape index (κ2) is 8.66. The van der Waals surface area contributed by atoms with E-state index in [1.807, 2.05) is 7.05 Å². The molecule has 8 heteroatoms. The van der Waals surface area contributed by atoms with Gasteiger partial charge in [-0.25, -0.2) is 0 Å². The van der Waals surface area contributed by atoms with Crippen LogP contribution in [0, 0.1) is 16.0 Å². The molecule has 138 valence electrons. The van der Waals surface area contributed by atoms with E-state index >= 15 is 0 Å². The van der Waals surface area contributed by atoms with Crippen LogP contribution in [0.1, 0.15) is 30.1 Å². The number of carbonyl (C=O) groups excluding carboxylic acids is 1. The number of ether oxygens (including phenoxy) is 2. The Balaban J connectivity index is 2.28. The van der Waals surface area contributed by atoms with Gasteiger partial charge in [0.1, 0.15) is 5.56 Å². The molecule has 1 aliphatic heterocycles. The standard InChI is InChI=1S/C17H25N3O5/c1-4-25-16-9-13(14(20(22)23)10-15(16)24-3)17(21)19-7-5-12(6-8-19)11-18-2/h9-10,12,18H,4-8,11H2,1-3H3. The molecule has 0 radical (unpaired) electrons. The zero-order chi connectivity index (χ0) is 18.4. The second-order valence-electron chi connectivity index (χ2n) is 6.00. The molecule has 1 saturated heterocycles. The van der Waals surface area contributed by atoms with Gasteiger partial charge in [-0.2, -0.15) is 0 Å². The van der Waals surface area contributed by atoms with Gasteiger partial charge in [0.15, 0.2) is 11.5 Å². The molecule has 0 saturated carbocycles. The largest absolute Gasteiger partial charge is 0.493 e. The zero-order valence-corrected chi connectivity index (χ0v) is 14.9. The summed E-state index contributed by atoms with van der Waals surface area (Å²) in [5, 5.41) is 14.6. The highest BCUT2D eigenvalue weighted by molar-refractivity contribution is 5.99. The van der Waals surface area contributed by atoms with Gasteiger partial charge < -0.3 is 19.7 Å². The van der Waals surface area contributed by atoms with Gasteiger partial charge in [-0.3, -0.25) is 14.9 Å². The lowest BCUT2D eigenvalue weighted by Crippen LogP contribution is -2.40. The molecule has 1 aromatic rings. The van der Waals surface area contributed by atoms with Crippen LogP contribution in [0.25, 0.3) is 0 Å². The molecular formula is C17H25N3O5. The molecule has 0 unspecified atom stereocenters. The van der Waals surface area contributed by atoms with Crippen LogP contribution in [0.4, 0.5) is 5.69 Å². The van der Waals surface area contributed by atoms with Crippen molar-refractivity contribution in [1.29, 1.82) is 0 Å². The maximum absolute atomic E-state index is 12.9. The molecule has 0 bridgehead atoms. The quantitative estimate of drug-likeness (QED) is 0.597. The van der Waals surface area contributed by atoms with E-state index in [1.54, 1.807) is 11.8 Å². The smallest absolute Gasteiger partial charge is 0.286 e. The highest BCUT2D eigenvalue weighted by atomic mass is 16.6. The van der Waals surface area contributed by atoms with E-state index in [0.717, 1.165) is 19.4 Å². The van der Waals surface area contributed by atoms with Gasteiger partial charge in [0.25, 0.3) is 11.6 Å². The number of nitrogens with zero attached hydrogens (tertiary/aromatic N) is 2. The summed E-state index contributed by atoms with van der Waals surface area (Å²) in [6.07, 6.45) is 1.77. The fourth-order valence-electron chi connectivity index (χ4n) is 3.10. The van der Waals surface area contributed by atoms with E-state index in [0.29, 0.717) is 31.4 Å². The first kappa shape index (κ1) is 19.0. The Kier molecular flexibility index (Phi) is 6.58. The minimum absolute atomic E-state index is 0.0429. The summed E-state index contributed by atoms with van der Waals surface area (Å²) >= 11 is 0. The topological polar surface area (TPSA) is 93.9 Å². The molecule has 1 aromatic carbocycles. The van der Waals surface area contributed by atoms with Gasteiger partial charge in [-0.15, -0.1) is 0 Å². The van der Waals surface area contributed by atoms with Crippen LogP contribution in [0.5, 0.6) is 11.5 Å². The predicted octanol–water partition coefficient (Wildman–Crippen LogP) is 2.07. The molecule has 1 N–H and O–H groups in total. The SMILES string of the molecule is CCOc1cc(C(=O)N2CCC(CNC)CC2)c([N+](=O)[O-])cc1OC. The minimum atomic E-state index is -0.556. The molecule has 0 spiro atoms. The number of hydrogen-bond acceptors (Lipinski definition) is 6. The summed E-state index contributed by atoms with van der Waals surface area (Å²) in [6, 6.07) is 2.68. The fraction of sp³-hybridized carbons (Fsp3) is 0.588. The Morgan fingerprint density at radius 1 is 1.36 bits per heavy atom. The predicted molar refractivity (Wildman–Crippen MR) is 93.4 cm³/mol. The Hall–Kier alpha value is -2.35. The Morgan fingerprint density at radius 3 is 2.56 bits per heavy atom. The number of amides is 1. The average molecular weight is 351 g/mol. The first-order chi connectivity index (χ1) is 12.0. The highest BCUT2D eigenvalue weighted by Crippen LogP contribution is 2.35. The first-order valence-corrected chi connectivity index (χ1v) is 8.44. The number of piperidine rings is 1. The Labute approximate surface area is 147 Å². The van der Waals surface area contributed by atoms with E-state index in [-0.39, 0.29) is 22.9 Å². The third kappa shape index (κ3) is 4.39. The lowest BCUT2D eigenvalue weighted by molar-refractivity contribution is -0.385. The summed E-state index contributed by atoms with van der Waals surface area (Å²) in [6.45, 7) is 4.28. The number of hydrogen-bond donors (Lipinski definition) is 1. The van der Waals surface area contributed by atoms with Crippen molar-refractivity contribution in [2.24, 2.45) is 5.92 Å². The molecule has 0 aliphatic carbocycles. The van der Waals surface area contributed by atoms with Crippen LogP contribution >= 0.6 is 0 Å². The molecule has 25 heavy (non-hydrogen) atoms. The summed E-state index contributed by atoms with van der Waals surface area (Å²) in [5.41, 5.74) is -0.219. The average Bonchev–Trinajstić information content (AvgIpc) is 2.61. The molecule has 2 rings (SSSR count). The third-order valence-corrected chi connectivity index (χ3v) is 4.40. The van der Waals surface area contributed by atoms with Crippen LogP contribution < -0.4 is 14.8 Å². The van der Waals surface area contributed by atoms with Crippen molar-refractivity contribution < 1.29 is 19.2 Å². The fourth-order valence-corrected chi connectivity index (χ4v) is 3.10.